The molecule has 2 aromatic rings. The minimum atomic E-state index is 0.0479. The van der Waals surface area contributed by atoms with Crippen LogP contribution in [0.5, 0.6) is 0 Å². The highest BCUT2D eigenvalue weighted by Crippen LogP contribution is 2.13. The molecule has 1 aliphatic heterocycles. The van der Waals surface area contributed by atoms with Crippen LogP contribution in [0, 0.1) is 0 Å². The number of hydrogen-bond donors (Lipinski definition) is 2. The van der Waals surface area contributed by atoms with E-state index in [1.54, 1.807) is 12.4 Å². The number of piperazine rings is 1. The van der Waals surface area contributed by atoms with Crippen molar-refractivity contribution in [2.45, 2.75) is 0 Å². The first-order valence-corrected chi connectivity index (χ1v) is 8.41. The number of hydrogen-bond acceptors (Lipinski definition) is 4. The van der Waals surface area contributed by atoms with Crippen LogP contribution in [0.3, 0.4) is 0 Å². The number of nitrogens with zero attached hydrogens (tertiary/aromatic N) is 3. The SMILES string of the molecule is O=C(C[NH+]1CCN(c2ncccn2)CC1)Nc1ccc(Br)cc1. The van der Waals surface area contributed by atoms with Crippen molar-refractivity contribution in [3.8, 4) is 0 Å². The number of amides is 1. The van der Waals surface area contributed by atoms with Gasteiger partial charge < -0.3 is 15.1 Å². The molecule has 23 heavy (non-hydrogen) atoms. The highest BCUT2D eigenvalue weighted by atomic mass is 79.9. The molecule has 0 bridgehead atoms. The summed E-state index contributed by atoms with van der Waals surface area (Å²) in [7, 11) is 0. The van der Waals surface area contributed by atoms with Gasteiger partial charge in [0.1, 0.15) is 0 Å². The summed E-state index contributed by atoms with van der Waals surface area (Å²) in [5.74, 6) is 0.817. The Hall–Kier alpha value is -1.99. The molecule has 1 aromatic carbocycles. The third kappa shape index (κ3) is 4.49. The lowest BCUT2D eigenvalue weighted by Crippen LogP contribution is -3.15. The highest BCUT2D eigenvalue weighted by Gasteiger charge is 2.23. The van der Waals surface area contributed by atoms with Gasteiger partial charge in [-0.1, -0.05) is 15.9 Å². The standard InChI is InChI=1S/C16H18BrN5O/c17-13-2-4-14(5-3-13)20-15(23)12-21-8-10-22(11-9-21)16-18-6-1-7-19-16/h1-7H,8-12H2,(H,20,23)/p+1. The summed E-state index contributed by atoms with van der Waals surface area (Å²) in [5, 5.41) is 2.94. The van der Waals surface area contributed by atoms with E-state index in [-0.39, 0.29) is 5.91 Å². The van der Waals surface area contributed by atoms with Crippen LogP contribution in [-0.4, -0.2) is 48.6 Å². The molecule has 0 radical (unpaired) electrons. The molecular formula is C16H19BrN5O+. The van der Waals surface area contributed by atoms with E-state index in [4.69, 9.17) is 0 Å². The fourth-order valence-electron chi connectivity index (χ4n) is 2.62. The maximum Gasteiger partial charge on any atom is 0.279 e. The normalized spacial score (nSPS) is 15.4. The van der Waals surface area contributed by atoms with Crippen LogP contribution in [-0.2, 0) is 4.79 Å². The topological polar surface area (TPSA) is 62.6 Å². The van der Waals surface area contributed by atoms with Crippen molar-refractivity contribution >= 4 is 33.5 Å². The molecule has 1 aromatic heterocycles. The number of carbonyl (C=O) groups excluding carboxylic acids is 1. The summed E-state index contributed by atoms with van der Waals surface area (Å²) in [6.45, 7) is 4.04. The summed E-state index contributed by atoms with van der Waals surface area (Å²) >= 11 is 3.38. The van der Waals surface area contributed by atoms with Gasteiger partial charge in [0.25, 0.3) is 5.91 Å². The molecule has 2 N–H and O–H groups in total. The van der Waals surface area contributed by atoms with Crippen molar-refractivity contribution in [3.05, 3.63) is 47.2 Å². The van der Waals surface area contributed by atoms with Gasteiger partial charge >= 0.3 is 0 Å². The van der Waals surface area contributed by atoms with Gasteiger partial charge in [-0.15, -0.1) is 0 Å². The van der Waals surface area contributed by atoms with Crippen LogP contribution < -0.4 is 15.1 Å². The Labute approximate surface area is 143 Å². The molecule has 3 rings (SSSR count). The molecule has 1 amide bonds. The highest BCUT2D eigenvalue weighted by molar-refractivity contribution is 9.10. The van der Waals surface area contributed by atoms with Gasteiger partial charge in [-0.2, -0.15) is 0 Å². The third-order valence-corrected chi connectivity index (χ3v) is 4.37. The van der Waals surface area contributed by atoms with Gasteiger partial charge in [0.05, 0.1) is 26.2 Å². The molecule has 7 heteroatoms. The summed E-state index contributed by atoms with van der Waals surface area (Å²) in [6.07, 6.45) is 3.51. The van der Waals surface area contributed by atoms with Crippen LogP contribution in [0.4, 0.5) is 11.6 Å². The number of anilines is 2. The van der Waals surface area contributed by atoms with Crippen molar-refractivity contribution in [1.29, 1.82) is 0 Å². The lowest BCUT2D eigenvalue weighted by molar-refractivity contribution is -0.892. The van der Waals surface area contributed by atoms with Crippen LogP contribution in [0.1, 0.15) is 0 Å². The number of halogens is 1. The monoisotopic (exact) mass is 376 g/mol. The van der Waals surface area contributed by atoms with E-state index < -0.39 is 0 Å². The van der Waals surface area contributed by atoms with Gasteiger partial charge in [0.2, 0.25) is 5.95 Å². The maximum absolute atomic E-state index is 12.1. The number of nitrogens with one attached hydrogen (secondary N) is 2. The molecule has 0 saturated carbocycles. The van der Waals surface area contributed by atoms with Crippen LogP contribution in [0.15, 0.2) is 47.2 Å². The summed E-state index contributed by atoms with van der Waals surface area (Å²) in [6, 6.07) is 9.43. The number of aromatic nitrogens is 2. The molecule has 0 unspecified atom stereocenters. The first-order valence-electron chi connectivity index (χ1n) is 7.62. The minimum absolute atomic E-state index is 0.0479. The van der Waals surface area contributed by atoms with Crippen LogP contribution in [0.2, 0.25) is 0 Å². The van der Waals surface area contributed by atoms with Gasteiger partial charge in [-0.3, -0.25) is 4.79 Å². The number of rotatable bonds is 4. The Morgan fingerprint density at radius 1 is 1.17 bits per heavy atom. The zero-order valence-corrected chi connectivity index (χ0v) is 14.3. The average molecular weight is 377 g/mol. The Bertz CT molecular complexity index is 641. The predicted molar refractivity (Wildman–Crippen MR) is 92.6 cm³/mol. The van der Waals surface area contributed by atoms with E-state index in [1.165, 1.54) is 4.90 Å². The largest absolute Gasteiger partial charge is 0.330 e. The van der Waals surface area contributed by atoms with E-state index in [0.29, 0.717) is 6.54 Å². The van der Waals surface area contributed by atoms with Gasteiger partial charge in [-0.25, -0.2) is 9.97 Å². The molecule has 6 nitrogen and oxygen atoms in total. The Balaban J connectivity index is 1.47. The van der Waals surface area contributed by atoms with E-state index in [9.17, 15) is 4.79 Å². The molecule has 120 valence electrons. The number of carbonyl (C=O) groups is 1. The molecule has 1 aliphatic rings. The van der Waals surface area contributed by atoms with Crippen molar-refractivity contribution < 1.29 is 9.69 Å². The Morgan fingerprint density at radius 3 is 2.48 bits per heavy atom. The van der Waals surface area contributed by atoms with Crippen LogP contribution in [0.25, 0.3) is 0 Å². The molecule has 1 saturated heterocycles. The number of benzene rings is 1. The predicted octanol–water partition coefficient (Wildman–Crippen LogP) is 0.583. The molecule has 0 aliphatic carbocycles. The second kappa shape index (κ2) is 7.52. The second-order valence-electron chi connectivity index (χ2n) is 5.52. The first-order chi connectivity index (χ1) is 11.2. The minimum Gasteiger partial charge on any atom is -0.330 e. The lowest BCUT2D eigenvalue weighted by Gasteiger charge is -2.31. The van der Waals surface area contributed by atoms with Crippen molar-refractivity contribution in [3.63, 3.8) is 0 Å². The van der Waals surface area contributed by atoms with E-state index in [1.807, 2.05) is 30.3 Å². The quantitative estimate of drug-likeness (QED) is 0.819. The zero-order chi connectivity index (χ0) is 16.1. The number of quaternary nitrogens is 1. The van der Waals surface area contributed by atoms with Gasteiger partial charge in [0, 0.05) is 22.6 Å². The summed E-state index contributed by atoms with van der Waals surface area (Å²) in [4.78, 5) is 24.1. The summed E-state index contributed by atoms with van der Waals surface area (Å²) < 4.78 is 1.00. The first kappa shape index (κ1) is 15.9. The van der Waals surface area contributed by atoms with E-state index >= 15 is 0 Å². The van der Waals surface area contributed by atoms with E-state index in [0.717, 1.165) is 42.3 Å². The fourth-order valence-corrected chi connectivity index (χ4v) is 2.88. The molecule has 0 spiro atoms. The summed E-state index contributed by atoms with van der Waals surface area (Å²) in [5.41, 5.74) is 0.828. The van der Waals surface area contributed by atoms with Crippen LogP contribution >= 0.6 is 15.9 Å². The second-order valence-corrected chi connectivity index (χ2v) is 6.43. The van der Waals surface area contributed by atoms with Crippen molar-refractivity contribution in [1.82, 2.24) is 9.97 Å². The average Bonchev–Trinajstić information content (AvgIpc) is 2.58. The zero-order valence-electron chi connectivity index (χ0n) is 12.7. The molecule has 0 atom stereocenters. The molecule has 2 heterocycles. The van der Waals surface area contributed by atoms with Gasteiger partial charge in [0.15, 0.2) is 6.54 Å². The fraction of sp³-hybridized carbons (Fsp3) is 0.312. The Morgan fingerprint density at radius 2 is 1.83 bits per heavy atom. The Kier molecular flexibility index (Phi) is 5.19. The third-order valence-electron chi connectivity index (χ3n) is 3.84. The molecular weight excluding hydrogens is 358 g/mol. The van der Waals surface area contributed by atoms with Crippen molar-refractivity contribution in [2.24, 2.45) is 0 Å². The lowest BCUT2D eigenvalue weighted by atomic mass is 10.3. The smallest absolute Gasteiger partial charge is 0.279 e. The van der Waals surface area contributed by atoms with E-state index in [2.05, 4.69) is 36.1 Å². The molecule has 1 fully saturated rings. The van der Waals surface area contributed by atoms with Gasteiger partial charge in [-0.05, 0) is 30.3 Å². The van der Waals surface area contributed by atoms with Crippen molar-refractivity contribution in [2.75, 3.05) is 42.9 Å². The maximum atomic E-state index is 12.1.